The molecule has 2 aromatic rings. The highest BCUT2D eigenvalue weighted by Crippen LogP contribution is 2.23. The van der Waals surface area contributed by atoms with E-state index in [2.05, 4.69) is 20.4 Å². The lowest BCUT2D eigenvalue weighted by molar-refractivity contribution is -0.127. The van der Waals surface area contributed by atoms with Crippen molar-refractivity contribution in [2.24, 2.45) is 5.92 Å². The summed E-state index contributed by atoms with van der Waals surface area (Å²) < 4.78 is 5.82. The summed E-state index contributed by atoms with van der Waals surface area (Å²) in [6, 6.07) is 7.72. The van der Waals surface area contributed by atoms with Gasteiger partial charge in [-0.2, -0.15) is 0 Å². The van der Waals surface area contributed by atoms with E-state index < -0.39 is 0 Å². The Hall–Kier alpha value is -1.92. The van der Waals surface area contributed by atoms with Crippen LogP contribution in [0.5, 0.6) is 0 Å². The summed E-state index contributed by atoms with van der Waals surface area (Å²) in [6.45, 7) is 2.27. The van der Waals surface area contributed by atoms with Crippen LogP contribution in [0.15, 0.2) is 28.7 Å². The maximum Gasteiger partial charge on any atom is 0.247 e. The second kappa shape index (κ2) is 9.05. The Bertz CT molecular complexity index is 786. The maximum absolute atomic E-state index is 12.7. The standard InChI is InChI=1S/C21H27ClN4O2/c22-17-10-8-15(9-11-17)21-25-24-19(28-21)14-26-12-4-5-16(13-26)20(27)23-18-6-2-1-3-7-18/h8-11,16,18H,1-7,12-14H2,(H,23,27). The fourth-order valence-corrected chi connectivity index (χ4v) is 4.32. The molecule has 1 unspecified atom stereocenters. The Balaban J connectivity index is 1.32. The second-order valence-corrected chi connectivity index (χ2v) is 8.36. The van der Waals surface area contributed by atoms with E-state index in [4.69, 9.17) is 16.0 Å². The van der Waals surface area contributed by atoms with E-state index in [9.17, 15) is 4.79 Å². The van der Waals surface area contributed by atoms with Gasteiger partial charge in [-0.1, -0.05) is 30.9 Å². The van der Waals surface area contributed by atoms with Gasteiger partial charge in [0.15, 0.2) is 0 Å². The van der Waals surface area contributed by atoms with Crippen molar-refractivity contribution in [2.75, 3.05) is 13.1 Å². The zero-order valence-corrected chi connectivity index (χ0v) is 16.8. The molecule has 2 aliphatic rings. The first kappa shape index (κ1) is 19.4. The number of piperidine rings is 1. The molecule has 6 nitrogen and oxygen atoms in total. The number of hydrogen-bond acceptors (Lipinski definition) is 5. The fraction of sp³-hybridized carbons (Fsp3) is 0.571. The van der Waals surface area contributed by atoms with Gasteiger partial charge in [0.25, 0.3) is 0 Å². The van der Waals surface area contributed by atoms with Crippen molar-refractivity contribution in [3.05, 3.63) is 35.2 Å². The molecule has 28 heavy (non-hydrogen) atoms. The van der Waals surface area contributed by atoms with Crippen molar-refractivity contribution < 1.29 is 9.21 Å². The van der Waals surface area contributed by atoms with Crippen LogP contribution in [0.1, 0.15) is 50.8 Å². The predicted molar refractivity (Wildman–Crippen MR) is 108 cm³/mol. The van der Waals surface area contributed by atoms with Crippen LogP contribution in [0.4, 0.5) is 0 Å². The molecule has 1 aromatic heterocycles. The number of carbonyl (C=O) groups is 1. The van der Waals surface area contributed by atoms with Gasteiger partial charge in [0, 0.05) is 23.2 Å². The highest BCUT2D eigenvalue weighted by molar-refractivity contribution is 6.30. The van der Waals surface area contributed by atoms with Crippen LogP contribution in [-0.2, 0) is 11.3 Å². The number of aromatic nitrogens is 2. The van der Waals surface area contributed by atoms with E-state index in [0.717, 1.165) is 44.3 Å². The topological polar surface area (TPSA) is 71.3 Å². The lowest BCUT2D eigenvalue weighted by Crippen LogP contribution is -2.46. The number of nitrogens with one attached hydrogen (secondary N) is 1. The van der Waals surface area contributed by atoms with Gasteiger partial charge in [0.1, 0.15) is 0 Å². The Labute approximate surface area is 170 Å². The molecule has 1 amide bonds. The molecule has 7 heteroatoms. The Morgan fingerprint density at radius 1 is 1.11 bits per heavy atom. The van der Waals surface area contributed by atoms with Crippen molar-refractivity contribution >= 4 is 17.5 Å². The van der Waals surface area contributed by atoms with Crippen molar-refractivity contribution in [1.82, 2.24) is 20.4 Å². The molecule has 2 fully saturated rings. The number of benzene rings is 1. The summed E-state index contributed by atoms with van der Waals surface area (Å²) in [5, 5.41) is 12.3. The van der Waals surface area contributed by atoms with E-state index in [0.29, 0.717) is 29.4 Å². The van der Waals surface area contributed by atoms with Gasteiger partial charge < -0.3 is 9.73 Å². The molecule has 0 spiro atoms. The van der Waals surface area contributed by atoms with E-state index in [1.165, 1.54) is 19.3 Å². The smallest absolute Gasteiger partial charge is 0.247 e. The molecular weight excluding hydrogens is 376 g/mol. The first-order valence-corrected chi connectivity index (χ1v) is 10.7. The summed E-state index contributed by atoms with van der Waals surface area (Å²) in [6.07, 6.45) is 7.97. The second-order valence-electron chi connectivity index (χ2n) is 7.93. The molecule has 1 saturated heterocycles. The highest BCUT2D eigenvalue weighted by atomic mass is 35.5. The fourth-order valence-electron chi connectivity index (χ4n) is 4.20. The quantitative estimate of drug-likeness (QED) is 0.816. The van der Waals surface area contributed by atoms with Crippen LogP contribution in [0, 0.1) is 5.92 Å². The maximum atomic E-state index is 12.7. The third-order valence-electron chi connectivity index (χ3n) is 5.74. The number of halogens is 1. The third-order valence-corrected chi connectivity index (χ3v) is 6.00. The van der Waals surface area contributed by atoms with Gasteiger partial charge in [0.05, 0.1) is 12.5 Å². The first-order valence-electron chi connectivity index (χ1n) is 10.3. The molecule has 1 saturated carbocycles. The minimum absolute atomic E-state index is 0.0503. The number of nitrogens with zero attached hydrogens (tertiary/aromatic N) is 3. The average Bonchev–Trinajstić information content (AvgIpc) is 3.18. The highest BCUT2D eigenvalue weighted by Gasteiger charge is 2.28. The van der Waals surface area contributed by atoms with Gasteiger partial charge in [-0.15, -0.1) is 10.2 Å². The number of carbonyl (C=O) groups excluding carboxylic acids is 1. The van der Waals surface area contributed by atoms with Crippen LogP contribution in [0.2, 0.25) is 5.02 Å². The van der Waals surface area contributed by atoms with Crippen LogP contribution in [0.25, 0.3) is 11.5 Å². The van der Waals surface area contributed by atoms with Crippen LogP contribution >= 0.6 is 11.6 Å². The Morgan fingerprint density at radius 3 is 2.68 bits per heavy atom. The normalized spacial score (nSPS) is 21.5. The molecule has 150 valence electrons. The monoisotopic (exact) mass is 402 g/mol. The van der Waals surface area contributed by atoms with Crippen LogP contribution in [0.3, 0.4) is 0 Å². The Kier molecular flexibility index (Phi) is 6.27. The van der Waals surface area contributed by atoms with Crippen molar-refractivity contribution in [3.8, 4) is 11.5 Å². The van der Waals surface area contributed by atoms with Gasteiger partial charge in [-0.25, -0.2) is 0 Å². The molecule has 1 N–H and O–H groups in total. The van der Waals surface area contributed by atoms with E-state index >= 15 is 0 Å². The van der Waals surface area contributed by atoms with Gasteiger partial charge >= 0.3 is 0 Å². The number of rotatable bonds is 5. The predicted octanol–water partition coefficient (Wildman–Crippen LogP) is 4.05. The van der Waals surface area contributed by atoms with E-state index in [1.54, 1.807) is 12.1 Å². The minimum atomic E-state index is 0.0503. The summed E-state index contributed by atoms with van der Waals surface area (Å²) >= 11 is 5.93. The molecule has 1 aliphatic carbocycles. The summed E-state index contributed by atoms with van der Waals surface area (Å²) in [4.78, 5) is 14.9. The molecule has 1 atom stereocenters. The molecule has 2 heterocycles. The molecule has 1 aliphatic heterocycles. The number of amides is 1. The number of hydrogen-bond donors (Lipinski definition) is 1. The van der Waals surface area contributed by atoms with Crippen molar-refractivity contribution in [1.29, 1.82) is 0 Å². The van der Waals surface area contributed by atoms with Gasteiger partial charge in [-0.05, 0) is 56.5 Å². The van der Waals surface area contributed by atoms with E-state index in [-0.39, 0.29) is 11.8 Å². The lowest BCUT2D eigenvalue weighted by Gasteiger charge is -2.32. The molecule has 0 radical (unpaired) electrons. The molecule has 1 aromatic carbocycles. The SMILES string of the molecule is O=C(NC1CCCCC1)C1CCCN(Cc2nnc(-c3ccc(Cl)cc3)o2)C1. The van der Waals surface area contributed by atoms with Crippen LogP contribution < -0.4 is 5.32 Å². The van der Waals surface area contributed by atoms with E-state index in [1.807, 2.05) is 12.1 Å². The van der Waals surface area contributed by atoms with Crippen molar-refractivity contribution in [2.45, 2.75) is 57.5 Å². The summed E-state index contributed by atoms with van der Waals surface area (Å²) in [5.74, 6) is 1.34. The molecular formula is C21H27ClN4O2. The summed E-state index contributed by atoms with van der Waals surface area (Å²) in [5.41, 5.74) is 0.853. The largest absolute Gasteiger partial charge is 0.419 e. The zero-order valence-electron chi connectivity index (χ0n) is 16.1. The van der Waals surface area contributed by atoms with Gasteiger partial charge in [0.2, 0.25) is 17.7 Å². The Morgan fingerprint density at radius 2 is 1.89 bits per heavy atom. The van der Waals surface area contributed by atoms with Crippen molar-refractivity contribution in [3.63, 3.8) is 0 Å². The number of likely N-dealkylation sites (tertiary alicyclic amines) is 1. The van der Waals surface area contributed by atoms with Crippen LogP contribution in [-0.4, -0.2) is 40.1 Å². The average molecular weight is 403 g/mol. The zero-order chi connectivity index (χ0) is 19.3. The third kappa shape index (κ3) is 4.92. The first-order chi connectivity index (χ1) is 13.7. The summed E-state index contributed by atoms with van der Waals surface area (Å²) in [7, 11) is 0. The molecule has 0 bridgehead atoms. The minimum Gasteiger partial charge on any atom is -0.419 e. The lowest BCUT2D eigenvalue weighted by atomic mass is 9.93. The van der Waals surface area contributed by atoms with Gasteiger partial charge in [-0.3, -0.25) is 9.69 Å². The molecule has 4 rings (SSSR count).